The van der Waals surface area contributed by atoms with Crippen LogP contribution in [0.15, 0.2) is 12.1 Å². The Bertz CT molecular complexity index is 425. The Hall–Kier alpha value is -0.960. The Morgan fingerprint density at radius 3 is 2.50 bits per heavy atom. The first kappa shape index (κ1) is 15.1. The average Bonchev–Trinajstić information content (AvgIpc) is 2.30. The average molecular weight is 266 g/mol. The van der Waals surface area contributed by atoms with Crippen LogP contribution in [-0.2, 0) is 0 Å². The summed E-state index contributed by atoms with van der Waals surface area (Å²) in [5.41, 5.74) is 2.85. The number of ketones is 1. The molecule has 0 aliphatic rings. The lowest BCUT2D eigenvalue weighted by Crippen LogP contribution is -2.05. The molecule has 0 aliphatic carbocycles. The molecule has 2 nitrogen and oxygen atoms in total. The van der Waals surface area contributed by atoms with E-state index >= 15 is 0 Å². The highest BCUT2D eigenvalue weighted by Gasteiger charge is 2.12. The van der Waals surface area contributed by atoms with Crippen LogP contribution in [0.5, 0.6) is 5.75 Å². The summed E-state index contributed by atoms with van der Waals surface area (Å²) < 4.78 is 5.26. The zero-order valence-electron chi connectivity index (χ0n) is 11.9. The van der Waals surface area contributed by atoms with Crippen molar-refractivity contribution in [2.45, 2.75) is 39.4 Å². The summed E-state index contributed by atoms with van der Waals surface area (Å²) in [4.78, 5) is 12.1. The van der Waals surface area contributed by atoms with Crippen molar-refractivity contribution in [1.29, 1.82) is 0 Å². The monoisotopic (exact) mass is 266 g/mol. The first-order valence-electron chi connectivity index (χ1n) is 6.25. The third-order valence-corrected chi connectivity index (χ3v) is 3.93. The van der Waals surface area contributed by atoms with Crippen molar-refractivity contribution in [3.63, 3.8) is 0 Å². The maximum atomic E-state index is 12.1. The molecule has 0 unspecified atom stereocenters. The highest BCUT2D eigenvalue weighted by Crippen LogP contribution is 2.24. The Labute approximate surface area is 114 Å². The molecule has 0 saturated carbocycles. The van der Waals surface area contributed by atoms with E-state index in [4.69, 9.17) is 4.74 Å². The van der Waals surface area contributed by atoms with Gasteiger partial charge in [0.2, 0.25) is 0 Å². The van der Waals surface area contributed by atoms with Gasteiger partial charge in [-0.2, -0.15) is 11.8 Å². The number of carbonyl (C=O) groups is 1. The van der Waals surface area contributed by atoms with Crippen molar-refractivity contribution in [1.82, 2.24) is 0 Å². The van der Waals surface area contributed by atoms with Gasteiger partial charge in [0.1, 0.15) is 5.75 Å². The number of aryl methyl sites for hydroxylation is 2. The predicted molar refractivity (Wildman–Crippen MR) is 79.0 cm³/mol. The van der Waals surface area contributed by atoms with E-state index in [1.807, 2.05) is 37.7 Å². The fraction of sp³-hybridized carbons (Fsp3) is 0.533. The van der Waals surface area contributed by atoms with Crippen molar-refractivity contribution < 1.29 is 9.53 Å². The third-order valence-electron chi connectivity index (χ3n) is 2.82. The van der Waals surface area contributed by atoms with Gasteiger partial charge in [-0.05, 0) is 42.4 Å². The van der Waals surface area contributed by atoms with E-state index in [-0.39, 0.29) is 5.78 Å². The van der Waals surface area contributed by atoms with Crippen LogP contribution in [0.3, 0.4) is 0 Å². The molecule has 1 aromatic carbocycles. The van der Waals surface area contributed by atoms with Gasteiger partial charge in [-0.3, -0.25) is 4.79 Å². The van der Waals surface area contributed by atoms with E-state index in [0.717, 1.165) is 28.2 Å². The van der Waals surface area contributed by atoms with Crippen LogP contribution in [0.2, 0.25) is 0 Å². The van der Waals surface area contributed by atoms with Crippen molar-refractivity contribution >= 4 is 17.5 Å². The zero-order valence-corrected chi connectivity index (χ0v) is 12.7. The van der Waals surface area contributed by atoms with E-state index in [2.05, 4.69) is 13.8 Å². The minimum absolute atomic E-state index is 0.228. The van der Waals surface area contributed by atoms with Gasteiger partial charge in [-0.1, -0.05) is 13.8 Å². The second-order valence-electron chi connectivity index (χ2n) is 4.73. The molecule has 0 spiro atoms. The smallest absolute Gasteiger partial charge is 0.163 e. The third kappa shape index (κ3) is 4.05. The number of hydrogen-bond donors (Lipinski definition) is 0. The largest absolute Gasteiger partial charge is 0.496 e. The minimum Gasteiger partial charge on any atom is -0.496 e. The predicted octanol–water partition coefficient (Wildman–Crippen LogP) is 4.03. The van der Waals surface area contributed by atoms with Gasteiger partial charge in [0, 0.05) is 17.7 Å². The standard InChI is InChI=1S/C15H22O2S/c1-10(2)18-7-6-14(16)13-8-12(4)15(17-5)9-11(13)3/h8-10H,6-7H2,1-5H3. The van der Waals surface area contributed by atoms with Gasteiger partial charge < -0.3 is 4.74 Å². The number of carbonyl (C=O) groups excluding carboxylic acids is 1. The summed E-state index contributed by atoms with van der Waals surface area (Å²) in [5, 5.41) is 0.580. The van der Waals surface area contributed by atoms with Crippen molar-refractivity contribution in [3.8, 4) is 5.75 Å². The van der Waals surface area contributed by atoms with Crippen molar-refractivity contribution in [2.24, 2.45) is 0 Å². The van der Waals surface area contributed by atoms with Crippen LogP contribution in [0.25, 0.3) is 0 Å². The first-order valence-corrected chi connectivity index (χ1v) is 7.30. The Morgan fingerprint density at radius 2 is 1.94 bits per heavy atom. The topological polar surface area (TPSA) is 26.3 Å². The van der Waals surface area contributed by atoms with Crippen LogP contribution in [0.1, 0.15) is 41.8 Å². The van der Waals surface area contributed by atoms with Crippen molar-refractivity contribution in [3.05, 3.63) is 28.8 Å². The maximum absolute atomic E-state index is 12.1. The fourth-order valence-electron chi connectivity index (χ4n) is 1.83. The van der Waals surface area contributed by atoms with E-state index < -0.39 is 0 Å². The molecular weight excluding hydrogens is 244 g/mol. The Balaban J connectivity index is 2.77. The second-order valence-corrected chi connectivity index (χ2v) is 6.41. The van der Waals surface area contributed by atoms with Crippen molar-refractivity contribution in [2.75, 3.05) is 12.9 Å². The quantitative estimate of drug-likeness (QED) is 0.727. The van der Waals surface area contributed by atoms with Crippen LogP contribution in [-0.4, -0.2) is 23.9 Å². The first-order chi connectivity index (χ1) is 8.45. The minimum atomic E-state index is 0.228. The molecule has 0 atom stereocenters. The van der Waals surface area contributed by atoms with E-state index in [1.54, 1.807) is 7.11 Å². The summed E-state index contributed by atoms with van der Waals surface area (Å²) in [6.45, 7) is 8.23. The molecular formula is C15H22O2S. The van der Waals surface area contributed by atoms with Crippen LogP contribution in [0, 0.1) is 13.8 Å². The molecule has 0 bridgehead atoms. The lowest BCUT2D eigenvalue weighted by atomic mass is 10.00. The Morgan fingerprint density at radius 1 is 1.28 bits per heavy atom. The SMILES string of the molecule is COc1cc(C)c(C(=O)CCSC(C)C)cc1C. The van der Waals surface area contributed by atoms with Gasteiger partial charge in [-0.25, -0.2) is 0 Å². The fourth-order valence-corrected chi connectivity index (χ4v) is 2.61. The summed E-state index contributed by atoms with van der Waals surface area (Å²) in [6, 6.07) is 3.88. The number of Topliss-reactive ketones (excluding diaryl/α,β-unsaturated/α-hetero) is 1. The second kappa shape index (κ2) is 6.83. The molecule has 0 N–H and O–H groups in total. The lowest BCUT2D eigenvalue weighted by Gasteiger charge is -2.11. The van der Waals surface area contributed by atoms with Crippen LogP contribution in [0.4, 0.5) is 0 Å². The summed E-state index contributed by atoms with van der Waals surface area (Å²) in [5.74, 6) is 1.97. The molecule has 0 saturated heterocycles. The van der Waals surface area contributed by atoms with E-state index in [9.17, 15) is 4.79 Å². The molecule has 0 aliphatic heterocycles. The summed E-state index contributed by atoms with van der Waals surface area (Å²) >= 11 is 1.83. The molecule has 0 aromatic heterocycles. The molecule has 1 aromatic rings. The molecule has 0 heterocycles. The molecule has 0 fully saturated rings. The molecule has 100 valence electrons. The number of hydrogen-bond acceptors (Lipinski definition) is 3. The number of rotatable bonds is 6. The number of benzene rings is 1. The molecule has 0 radical (unpaired) electrons. The highest BCUT2D eigenvalue weighted by molar-refractivity contribution is 7.99. The number of thioether (sulfide) groups is 1. The highest BCUT2D eigenvalue weighted by atomic mass is 32.2. The van der Waals surface area contributed by atoms with E-state index in [1.165, 1.54) is 0 Å². The molecule has 18 heavy (non-hydrogen) atoms. The molecule has 0 amide bonds. The summed E-state index contributed by atoms with van der Waals surface area (Å²) in [6.07, 6.45) is 0.607. The lowest BCUT2D eigenvalue weighted by molar-refractivity contribution is 0.0989. The number of methoxy groups -OCH3 is 1. The van der Waals surface area contributed by atoms with Crippen LogP contribution < -0.4 is 4.74 Å². The van der Waals surface area contributed by atoms with Gasteiger partial charge >= 0.3 is 0 Å². The Kier molecular flexibility index (Phi) is 5.73. The number of ether oxygens (including phenoxy) is 1. The van der Waals surface area contributed by atoms with E-state index in [0.29, 0.717) is 11.7 Å². The zero-order chi connectivity index (χ0) is 13.7. The summed E-state index contributed by atoms with van der Waals surface area (Å²) in [7, 11) is 1.66. The molecule has 3 heteroatoms. The van der Waals surface area contributed by atoms with Gasteiger partial charge in [-0.15, -0.1) is 0 Å². The maximum Gasteiger partial charge on any atom is 0.163 e. The molecule has 1 rings (SSSR count). The normalized spacial score (nSPS) is 10.8. The van der Waals surface area contributed by atoms with Gasteiger partial charge in [0.15, 0.2) is 5.78 Å². The van der Waals surface area contributed by atoms with Crippen LogP contribution >= 0.6 is 11.8 Å². The van der Waals surface area contributed by atoms with Gasteiger partial charge in [0.05, 0.1) is 7.11 Å². The van der Waals surface area contributed by atoms with Gasteiger partial charge in [0.25, 0.3) is 0 Å².